The van der Waals surface area contributed by atoms with E-state index in [1.807, 2.05) is 0 Å². The fraction of sp³-hybridized carbons (Fsp3) is 0.0111. The summed E-state index contributed by atoms with van der Waals surface area (Å²) < 4.78 is 142. The molecule has 0 unspecified atom stereocenters. The molecule has 38 nitrogen and oxygen atoms in total. The highest BCUT2D eigenvalue weighted by Crippen LogP contribution is 2.47. The summed E-state index contributed by atoms with van der Waals surface area (Å²) in [5.74, 6) is -3.20. The van der Waals surface area contributed by atoms with Crippen molar-refractivity contribution in [1.82, 2.24) is 14.9 Å². The zero-order valence-electron chi connectivity index (χ0n) is 69.3. The summed E-state index contributed by atoms with van der Waals surface area (Å²) in [4.78, 5) is 73.1. The van der Waals surface area contributed by atoms with Gasteiger partial charge in [0.05, 0.1) is 36.3 Å². The van der Waals surface area contributed by atoms with Crippen LogP contribution in [-0.2, 0) is 56.7 Å². The number of carboxylic acid groups (broad SMARTS) is 3. The van der Waals surface area contributed by atoms with E-state index in [1.54, 1.807) is 78.9 Å². The number of carboxylic acids is 3. The fourth-order valence-corrected chi connectivity index (χ4v) is 19.5. The van der Waals surface area contributed by atoms with Gasteiger partial charge < -0.3 is 75.8 Å². The number of phenolic OH excluding ortho intramolecular Hbond substituents is 3. The molecular formula is C90H65N13O25S9. The van der Waals surface area contributed by atoms with Gasteiger partial charge in [-0.25, -0.2) is 76.6 Å². The molecule has 4 heterocycles. The number of rotatable bonds is 22. The van der Waals surface area contributed by atoms with Crippen molar-refractivity contribution in [1.29, 1.82) is 0 Å². The van der Waals surface area contributed by atoms with E-state index in [9.17, 15) is 101 Å². The molecule has 47 heteroatoms. The molecule has 0 saturated heterocycles. The Morgan fingerprint density at radius 3 is 1.01 bits per heavy atom. The van der Waals surface area contributed by atoms with Gasteiger partial charge in [-0.3, -0.25) is 19.1 Å². The van der Waals surface area contributed by atoms with Crippen molar-refractivity contribution < 1.29 is 100 Å². The van der Waals surface area contributed by atoms with Crippen LogP contribution in [0.15, 0.2) is 312 Å². The molecule has 17 rings (SSSR count). The minimum Gasteiger partial charge on any atom is -0.508 e. The lowest BCUT2D eigenvalue weighted by Gasteiger charge is -2.18. The second-order valence-electron chi connectivity index (χ2n) is 29.5. The SMILES string of the molecule is NS(=O)(=O)c1ccc(CNS(=O)(=O)c2ccc(NC(=S)Nc3ccc(-c4c5ccc(=O)cc-5oc5cc(O)ccc45)c(C(=O)O)c3)cc2)cc1.NS(=O)(=O)c1cccc(NC(=S)Nc2ccc(-c3c4ccc(=O)cc-4oc4cc(O)ccc34)c(C(=O)O)c2)c1.NS(=O)(=O)c1nnc(NS(=O)(=O)c2ccc(NC(=S)Nc3ccc(-c4c5ccc(=O)cc-5oc5cc(O)ccc45)c(C(=O)O)c3)cc2)s1. The molecule has 11 aromatic rings. The van der Waals surface area contributed by atoms with E-state index >= 15 is 0 Å². The number of benzene rings is 13. The third-order valence-corrected chi connectivity index (χ3v) is 27.7. The molecule has 694 valence electrons. The van der Waals surface area contributed by atoms with Crippen LogP contribution >= 0.6 is 48.0 Å². The van der Waals surface area contributed by atoms with Crippen molar-refractivity contribution in [2.45, 2.75) is 30.5 Å². The van der Waals surface area contributed by atoms with Crippen molar-refractivity contribution >= 4 is 204 Å². The Labute approximate surface area is 793 Å². The van der Waals surface area contributed by atoms with Gasteiger partial charge in [-0.15, -0.1) is 10.2 Å². The van der Waals surface area contributed by atoms with Gasteiger partial charge >= 0.3 is 17.9 Å². The maximum absolute atomic E-state index is 12.8. The standard InChI is InChI=1S/C34H26N4O9S3.C29H20N6O9S4.C27H19N3O7S2/c35-49(43,44)24-8-1-19(2-9-24)18-36-50(45,46)25-10-3-20(4-11-25)37-34(48)38-21-5-12-26(29(15-21)33(41)42)32-27-13-6-22(39)16-30(27)47-31-17-23(40)7-14-28(31)32;30-47(40,41)29-34-33-28(46-29)35-48(42,43)18-6-1-14(2-7-18)31-27(45)32-15-3-8-19(22(11-15)26(38)39)25-20-9-4-16(36)12-23(20)44-24-13-17(37)5-10-21(24)25;28-39(35,36)18-3-1-2-14(10-18)29-27(38)30-15-4-7-19(22(11-15)26(33)34)25-20-8-5-16(31)12-23(20)37-24-13-17(32)6-9-21(24)25/h1-17,36,39H,18H2,(H,41,42)(H2,35,43,44)(H2,37,38,48);1-13,36H,(H,33,35)(H,38,39)(H2,30,40,41)(H2,31,32,45);1-13,31H,(H,33,34)(H2,28,35,36)(H2,29,30,38). The maximum atomic E-state index is 12.8. The van der Waals surface area contributed by atoms with Gasteiger partial charge in [0.15, 0.2) is 31.6 Å². The molecule has 137 heavy (non-hydrogen) atoms. The smallest absolute Gasteiger partial charge is 0.336 e. The molecular weight excluding hydrogens is 1950 g/mol. The molecule has 3 aliphatic heterocycles. The number of carbonyl (C=O) groups is 3. The Hall–Kier alpha value is -15.9. The molecule has 0 radical (unpaired) electrons. The van der Waals surface area contributed by atoms with Crippen LogP contribution in [0.5, 0.6) is 17.2 Å². The van der Waals surface area contributed by atoms with Gasteiger partial charge in [-0.1, -0.05) is 47.7 Å². The van der Waals surface area contributed by atoms with Crippen molar-refractivity contribution in [2.75, 3.05) is 36.6 Å². The topological polar surface area (TPSA) is 634 Å². The Balaban J connectivity index is 0.000000157. The number of fused-ring (bicyclic) bond motifs is 6. The van der Waals surface area contributed by atoms with E-state index in [4.69, 9.17) is 65.3 Å². The fourth-order valence-electron chi connectivity index (χ4n) is 14.2. The van der Waals surface area contributed by atoms with Crippen LogP contribution in [0.2, 0.25) is 0 Å². The van der Waals surface area contributed by atoms with Crippen molar-refractivity contribution in [3.05, 3.63) is 314 Å². The maximum Gasteiger partial charge on any atom is 0.336 e. The molecule has 0 saturated carbocycles. The summed E-state index contributed by atoms with van der Waals surface area (Å²) in [6.07, 6.45) is 0. The third-order valence-electron chi connectivity index (χ3n) is 20.2. The zero-order valence-corrected chi connectivity index (χ0v) is 76.6. The molecule has 10 aromatic carbocycles. The summed E-state index contributed by atoms with van der Waals surface area (Å²) in [5, 5.41) is 102. The van der Waals surface area contributed by atoms with Crippen LogP contribution in [-0.4, -0.2) is 116 Å². The lowest BCUT2D eigenvalue weighted by atomic mass is 9.90. The summed E-state index contributed by atoms with van der Waals surface area (Å²) in [6, 6.07) is 62.1. The minimum absolute atomic E-state index is 0.0276. The highest BCUT2D eigenvalue weighted by Gasteiger charge is 2.29. The Morgan fingerprint density at radius 1 is 0.343 bits per heavy atom. The second-order valence-corrected chi connectivity index (χ2v) is 40.0. The number of aromatic carboxylic acids is 3. The number of phenols is 3. The van der Waals surface area contributed by atoms with Gasteiger partial charge in [-0.05, 0) is 247 Å². The third kappa shape index (κ3) is 22.1. The molecule has 0 atom stereocenters. The van der Waals surface area contributed by atoms with Crippen molar-refractivity contribution in [2.24, 2.45) is 15.4 Å². The Morgan fingerprint density at radius 2 is 0.672 bits per heavy atom. The normalized spacial score (nSPS) is 11.7. The molecule has 0 bridgehead atoms. The largest absolute Gasteiger partial charge is 0.508 e. The predicted molar refractivity (Wildman–Crippen MR) is 524 cm³/mol. The first kappa shape index (κ1) is 95.7. The predicted octanol–water partition coefficient (Wildman–Crippen LogP) is 13.4. The van der Waals surface area contributed by atoms with E-state index < -0.39 is 72.4 Å². The van der Waals surface area contributed by atoms with E-state index in [0.717, 1.165) is 0 Å². The number of aromatic hydroxyl groups is 3. The summed E-state index contributed by atoms with van der Waals surface area (Å²) in [5.41, 5.74) is 6.40. The molecule has 6 aliphatic rings. The summed E-state index contributed by atoms with van der Waals surface area (Å²) in [7, 11) is -20.0. The number of hydrogen-bond donors (Lipinski definition) is 17. The minimum atomic E-state index is -4.15. The van der Waals surface area contributed by atoms with E-state index in [2.05, 4.69) is 51.5 Å². The van der Waals surface area contributed by atoms with Gasteiger partial charge in [0.25, 0.3) is 20.0 Å². The Bertz CT molecular complexity index is 8570. The number of primary sulfonamides is 3. The van der Waals surface area contributed by atoms with Crippen molar-refractivity contribution in [3.8, 4) is 84.6 Å². The monoisotopic (exact) mass is 2020 g/mol. The number of nitrogens with two attached hydrogens (primary N) is 3. The average molecular weight is 2020 g/mol. The number of sulfonamides is 5. The molecule has 3 aliphatic carbocycles. The van der Waals surface area contributed by atoms with Gasteiger partial charge in [0.1, 0.15) is 51.3 Å². The molecule has 0 spiro atoms. The second kappa shape index (κ2) is 38.6. The average Bonchev–Trinajstić information content (AvgIpc) is 1.38. The van der Waals surface area contributed by atoms with E-state index in [1.165, 1.54) is 182 Å². The molecule has 0 fully saturated rings. The first-order chi connectivity index (χ1) is 64.8. The quantitative estimate of drug-likeness (QED) is 0.0221. The number of hydrogen-bond acceptors (Lipinski definition) is 28. The lowest BCUT2D eigenvalue weighted by molar-refractivity contribution is 0.0687. The highest BCUT2D eigenvalue weighted by atomic mass is 32.2. The summed E-state index contributed by atoms with van der Waals surface area (Å²) >= 11 is 16.6. The molecule has 20 N–H and O–H groups in total. The van der Waals surface area contributed by atoms with Crippen LogP contribution in [0.4, 0.5) is 39.3 Å². The molecule has 0 amide bonds. The zero-order chi connectivity index (χ0) is 98.1. The van der Waals surface area contributed by atoms with Crippen LogP contribution in [0.25, 0.3) is 100 Å². The van der Waals surface area contributed by atoms with Crippen LogP contribution in [0.1, 0.15) is 36.6 Å². The summed E-state index contributed by atoms with van der Waals surface area (Å²) in [6.45, 7) is -0.0882. The van der Waals surface area contributed by atoms with Crippen LogP contribution in [0.3, 0.4) is 0 Å². The van der Waals surface area contributed by atoms with Crippen molar-refractivity contribution in [3.63, 3.8) is 0 Å². The lowest BCUT2D eigenvalue weighted by Crippen LogP contribution is -2.23. The van der Waals surface area contributed by atoms with Crippen LogP contribution < -0.4 is 73.0 Å². The number of nitrogens with one attached hydrogen (secondary N) is 8. The van der Waals surface area contributed by atoms with Gasteiger partial charge in [0, 0.05) is 127 Å². The number of thiocarbonyl (C=S) groups is 3. The Kier molecular flexibility index (Phi) is 27.0. The highest BCUT2D eigenvalue weighted by molar-refractivity contribution is 7.93. The first-order valence-corrected chi connectivity index (χ1v) is 48.8. The van der Waals surface area contributed by atoms with E-state index in [0.29, 0.717) is 117 Å². The number of aromatic nitrogens is 2. The number of anilines is 7. The van der Waals surface area contributed by atoms with Crippen LogP contribution in [0, 0.1) is 0 Å². The first-order valence-electron chi connectivity index (χ1n) is 39.1. The number of nitrogens with zero attached hydrogens (tertiary/aromatic N) is 2. The van der Waals surface area contributed by atoms with Gasteiger partial charge in [0.2, 0.25) is 39.5 Å². The molecule has 1 aromatic heterocycles. The van der Waals surface area contributed by atoms with Gasteiger partial charge in [-0.2, -0.15) is 0 Å². The van der Waals surface area contributed by atoms with E-state index in [-0.39, 0.29) is 131 Å².